The van der Waals surface area contributed by atoms with Crippen LogP contribution in [0.1, 0.15) is 24.8 Å². The molecule has 0 N–H and O–H groups in total. The number of halogens is 2. The van der Waals surface area contributed by atoms with E-state index >= 15 is 0 Å². The summed E-state index contributed by atoms with van der Waals surface area (Å²) in [5.74, 6) is 1.24. The lowest BCUT2D eigenvalue weighted by atomic mass is 9.86. The van der Waals surface area contributed by atoms with E-state index in [1.165, 1.54) is 19.3 Å². The van der Waals surface area contributed by atoms with E-state index in [4.69, 9.17) is 15.4 Å². The molecule has 0 bridgehead atoms. The van der Waals surface area contributed by atoms with Gasteiger partial charge in [0.15, 0.2) is 0 Å². The minimum absolute atomic E-state index is 0.171. The van der Waals surface area contributed by atoms with Crippen LogP contribution in [0.3, 0.4) is 0 Å². The molecule has 0 radical (unpaired) electrons. The molecule has 1 aromatic rings. The first-order valence-corrected chi connectivity index (χ1v) is 9.05. The molecule has 0 aromatic heterocycles. The van der Waals surface area contributed by atoms with E-state index in [0.29, 0.717) is 11.5 Å². The number of benzene rings is 1. The largest absolute Gasteiger partial charge is 0.492 e. The second kappa shape index (κ2) is 5.80. The van der Waals surface area contributed by atoms with Crippen LogP contribution in [0.15, 0.2) is 22.7 Å². The highest BCUT2D eigenvalue weighted by Gasteiger charge is 2.18. The maximum Gasteiger partial charge on any atom is 0.236 e. The van der Waals surface area contributed by atoms with Crippen LogP contribution in [-0.2, 0) is 14.8 Å². The summed E-state index contributed by atoms with van der Waals surface area (Å²) in [5.41, 5.74) is 0.646. The fraction of sp³-hybridized carbons (Fsp3) is 0.500. The van der Waals surface area contributed by atoms with Crippen LogP contribution in [-0.4, -0.2) is 15.0 Å². The van der Waals surface area contributed by atoms with Crippen molar-refractivity contribution in [1.82, 2.24) is 0 Å². The normalized spacial score (nSPS) is 16.3. The highest BCUT2D eigenvalue weighted by atomic mass is 79.9. The summed E-state index contributed by atoms with van der Waals surface area (Å²) in [6.45, 7) is 0.728. The minimum Gasteiger partial charge on any atom is -0.492 e. The average Bonchev–Trinajstić information content (AvgIpc) is 2.16. The van der Waals surface area contributed by atoms with E-state index in [1.807, 2.05) is 0 Å². The predicted octanol–water partition coefficient (Wildman–Crippen LogP) is 3.70. The van der Waals surface area contributed by atoms with Gasteiger partial charge in [-0.1, -0.05) is 12.5 Å². The monoisotopic (exact) mass is 352 g/mol. The third-order valence-electron chi connectivity index (χ3n) is 3.03. The van der Waals surface area contributed by atoms with Gasteiger partial charge in [-0.2, -0.15) is 0 Å². The van der Waals surface area contributed by atoms with Crippen molar-refractivity contribution < 1.29 is 13.2 Å². The predicted molar refractivity (Wildman–Crippen MR) is 75.5 cm³/mol. The van der Waals surface area contributed by atoms with Crippen LogP contribution in [0.2, 0.25) is 0 Å². The molecule has 0 saturated heterocycles. The molecular formula is C12H14BrClO3S. The van der Waals surface area contributed by atoms with Crippen molar-refractivity contribution in [2.24, 2.45) is 5.92 Å². The Morgan fingerprint density at radius 2 is 2.11 bits per heavy atom. The van der Waals surface area contributed by atoms with Gasteiger partial charge < -0.3 is 4.74 Å². The smallest absolute Gasteiger partial charge is 0.236 e. The summed E-state index contributed by atoms with van der Waals surface area (Å²) in [6.07, 6.45) is 3.77. The molecule has 0 heterocycles. The average molecular weight is 354 g/mol. The maximum atomic E-state index is 11.0. The molecule has 1 saturated carbocycles. The van der Waals surface area contributed by atoms with Gasteiger partial charge in [-0.3, -0.25) is 0 Å². The van der Waals surface area contributed by atoms with Gasteiger partial charge in [-0.15, -0.1) is 0 Å². The summed E-state index contributed by atoms with van der Waals surface area (Å²) >= 11 is 3.38. The maximum absolute atomic E-state index is 11.0. The molecule has 0 atom stereocenters. The van der Waals surface area contributed by atoms with E-state index in [-0.39, 0.29) is 5.75 Å². The molecule has 18 heavy (non-hydrogen) atoms. The lowest BCUT2D eigenvalue weighted by Gasteiger charge is -2.25. The fourth-order valence-corrected chi connectivity index (χ4v) is 3.31. The first-order valence-electron chi connectivity index (χ1n) is 5.77. The molecule has 100 valence electrons. The molecular weight excluding hydrogens is 340 g/mol. The Balaban J connectivity index is 2.00. The van der Waals surface area contributed by atoms with Gasteiger partial charge >= 0.3 is 0 Å². The number of rotatable bonds is 5. The van der Waals surface area contributed by atoms with Gasteiger partial charge in [-0.05, 0) is 52.4 Å². The van der Waals surface area contributed by atoms with Crippen molar-refractivity contribution in [3.05, 3.63) is 28.2 Å². The van der Waals surface area contributed by atoms with E-state index in [9.17, 15) is 8.42 Å². The zero-order chi connectivity index (χ0) is 13.2. The SMILES string of the molecule is O=S(=O)(Cl)Cc1ccc(OCC2CCC2)c(Br)c1. The van der Waals surface area contributed by atoms with Crippen LogP contribution in [0.25, 0.3) is 0 Å². The van der Waals surface area contributed by atoms with Gasteiger partial charge in [0, 0.05) is 10.7 Å². The van der Waals surface area contributed by atoms with Crippen LogP contribution in [0.4, 0.5) is 0 Å². The van der Waals surface area contributed by atoms with Crippen molar-refractivity contribution in [3.63, 3.8) is 0 Å². The van der Waals surface area contributed by atoms with Crippen LogP contribution in [0.5, 0.6) is 5.75 Å². The molecule has 3 nitrogen and oxygen atoms in total. The Morgan fingerprint density at radius 3 is 2.61 bits per heavy atom. The number of hydrogen-bond donors (Lipinski definition) is 0. The molecule has 6 heteroatoms. The third kappa shape index (κ3) is 4.14. The van der Waals surface area contributed by atoms with E-state index in [0.717, 1.165) is 16.8 Å². The molecule has 1 aliphatic carbocycles. The quantitative estimate of drug-likeness (QED) is 0.758. The van der Waals surface area contributed by atoms with Gasteiger partial charge in [0.05, 0.1) is 16.8 Å². The molecule has 1 aromatic carbocycles. The molecule has 0 unspecified atom stereocenters. The Morgan fingerprint density at radius 1 is 1.39 bits per heavy atom. The lowest BCUT2D eigenvalue weighted by Crippen LogP contribution is -2.19. The Kier molecular flexibility index (Phi) is 4.56. The summed E-state index contributed by atoms with van der Waals surface area (Å²) in [4.78, 5) is 0. The molecule has 0 aliphatic heterocycles. The van der Waals surface area contributed by atoms with Gasteiger partial charge in [-0.25, -0.2) is 8.42 Å². The molecule has 2 rings (SSSR count). The Bertz CT molecular complexity index is 526. The second-order valence-corrected chi connectivity index (χ2v) is 8.19. The van der Waals surface area contributed by atoms with Crippen LogP contribution in [0, 0.1) is 5.92 Å². The standard InChI is InChI=1S/C12H14BrClO3S/c13-11-6-10(8-18(14,15)16)4-5-12(11)17-7-9-2-1-3-9/h4-6,9H,1-3,7-8H2. The van der Waals surface area contributed by atoms with E-state index < -0.39 is 9.05 Å². The van der Waals surface area contributed by atoms with Crippen molar-refractivity contribution in [2.75, 3.05) is 6.61 Å². The van der Waals surface area contributed by atoms with Crippen molar-refractivity contribution >= 4 is 35.7 Å². The van der Waals surface area contributed by atoms with E-state index in [2.05, 4.69) is 15.9 Å². The third-order valence-corrected chi connectivity index (χ3v) is 4.66. The number of ether oxygens (including phenoxy) is 1. The van der Waals surface area contributed by atoms with Gasteiger partial charge in [0.25, 0.3) is 0 Å². The summed E-state index contributed by atoms with van der Waals surface area (Å²) in [5, 5.41) is 0. The molecule has 0 amide bonds. The topological polar surface area (TPSA) is 43.4 Å². The van der Waals surface area contributed by atoms with Crippen LogP contribution < -0.4 is 4.74 Å². The zero-order valence-electron chi connectivity index (χ0n) is 9.73. The summed E-state index contributed by atoms with van der Waals surface area (Å²) in [7, 11) is 1.70. The second-order valence-electron chi connectivity index (χ2n) is 4.56. The fourth-order valence-electron chi connectivity index (χ4n) is 1.82. The van der Waals surface area contributed by atoms with E-state index in [1.54, 1.807) is 18.2 Å². The van der Waals surface area contributed by atoms with Crippen molar-refractivity contribution in [3.8, 4) is 5.75 Å². The van der Waals surface area contributed by atoms with Gasteiger partial charge in [0.1, 0.15) is 5.75 Å². The Labute approximate surface area is 120 Å². The highest BCUT2D eigenvalue weighted by molar-refractivity contribution is 9.10. The molecule has 1 aliphatic rings. The lowest BCUT2D eigenvalue weighted by molar-refractivity contribution is 0.180. The number of hydrogen-bond acceptors (Lipinski definition) is 3. The minimum atomic E-state index is -3.52. The first-order chi connectivity index (χ1) is 8.44. The van der Waals surface area contributed by atoms with Crippen molar-refractivity contribution in [2.45, 2.75) is 25.0 Å². The highest BCUT2D eigenvalue weighted by Crippen LogP contribution is 2.31. The summed E-state index contributed by atoms with van der Waals surface area (Å²) in [6, 6.07) is 5.23. The zero-order valence-corrected chi connectivity index (χ0v) is 12.9. The molecule has 1 fully saturated rings. The van der Waals surface area contributed by atoms with Gasteiger partial charge in [0.2, 0.25) is 9.05 Å². The summed E-state index contributed by atoms with van der Waals surface area (Å²) < 4.78 is 28.4. The Hall–Kier alpha value is -0.260. The first kappa shape index (κ1) is 14.2. The van der Waals surface area contributed by atoms with Crippen LogP contribution >= 0.6 is 26.6 Å². The van der Waals surface area contributed by atoms with Crippen molar-refractivity contribution in [1.29, 1.82) is 0 Å². The molecule has 0 spiro atoms.